The first-order valence-electron chi connectivity index (χ1n) is 4.30. The fourth-order valence-corrected chi connectivity index (χ4v) is 1.26. The van der Waals surface area contributed by atoms with Gasteiger partial charge in [0.25, 0.3) is 0 Å². The second-order valence-corrected chi connectivity index (χ2v) is 3.22. The molecule has 6 nitrogen and oxygen atoms in total. The highest BCUT2D eigenvalue weighted by Gasteiger charge is 2.05. The van der Waals surface area contributed by atoms with Gasteiger partial charge in [0.15, 0.2) is 5.82 Å². The van der Waals surface area contributed by atoms with Crippen molar-refractivity contribution in [2.45, 2.75) is 13.5 Å². The maximum Gasteiger partial charge on any atom is 0.165 e. The summed E-state index contributed by atoms with van der Waals surface area (Å²) in [6, 6.07) is 0. The van der Waals surface area contributed by atoms with Crippen LogP contribution in [0.1, 0.15) is 11.3 Å². The summed E-state index contributed by atoms with van der Waals surface area (Å²) in [6.45, 7) is 2.67. The zero-order valence-corrected chi connectivity index (χ0v) is 8.18. The van der Waals surface area contributed by atoms with Crippen molar-refractivity contribution < 1.29 is 0 Å². The SMILES string of the molecule is Cc1c(Cn2cc(N)nn2)cnn1C. The predicted molar refractivity (Wildman–Crippen MR) is 51.5 cm³/mol. The van der Waals surface area contributed by atoms with Crippen molar-refractivity contribution >= 4 is 5.82 Å². The molecule has 0 aliphatic carbocycles. The van der Waals surface area contributed by atoms with Crippen LogP contribution in [-0.2, 0) is 13.6 Å². The predicted octanol–water partition coefficient (Wildman–Crippen LogP) is -0.0495. The van der Waals surface area contributed by atoms with Crippen LogP contribution in [-0.4, -0.2) is 24.8 Å². The molecular weight excluding hydrogens is 180 g/mol. The van der Waals surface area contributed by atoms with Crippen molar-refractivity contribution in [2.75, 3.05) is 5.73 Å². The first kappa shape index (κ1) is 8.74. The highest BCUT2D eigenvalue weighted by atomic mass is 15.4. The Bertz CT molecular complexity index is 440. The number of rotatable bonds is 2. The molecule has 2 rings (SSSR count). The number of nitrogens with two attached hydrogens (primary N) is 1. The molecule has 2 N–H and O–H groups in total. The van der Waals surface area contributed by atoms with Crippen LogP contribution >= 0.6 is 0 Å². The highest BCUT2D eigenvalue weighted by Crippen LogP contribution is 2.07. The summed E-state index contributed by atoms with van der Waals surface area (Å²) in [5.74, 6) is 0.437. The number of aromatic nitrogens is 5. The number of nitrogens with zero attached hydrogens (tertiary/aromatic N) is 5. The Morgan fingerprint density at radius 1 is 1.50 bits per heavy atom. The number of nitrogen functional groups attached to an aromatic ring is 1. The summed E-state index contributed by atoms with van der Waals surface area (Å²) in [5.41, 5.74) is 7.71. The maximum atomic E-state index is 5.46. The van der Waals surface area contributed by atoms with Gasteiger partial charge in [0.1, 0.15) is 0 Å². The standard InChI is InChI=1S/C8H12N6/c1-6-7(3-10-13(6)2)4-14-5-8(9)11-12-14/h3,5H,4,9H2,1-2H3. The molecule has 2 aromatic heterocycles. The molecule has 2 aromatic rings. The number of aryl methyl sites for hydroxylation is 1. The fraction of sp³-hybridized carbons (Fsp3) is 0.375. The Morgan fingerprint density at radius 3 is 2.79 bits per heavy atom. The zero-order valence-electron chi connectivity index (χ0n) is 8.18. The van der Waals surface area contributed by atoms with Crippen molar-refractivity contribution in [3.8, 4) is 0 Å². The molecule has 0 spiro atoms. The first-order chi connectivity index (χ1) is 6.66. The molecule has 0 unspecified atom stereocenters. The largest absolute Gasteiger partial charge is 0.381 e. The smallest absolute Gasteiger partial charge is 0.165 e. The zero-order chi connectivity index (χ0) is 10.1. The quantitative estimate of drug-likeness (QED) is 0.724. The van der Waals surface area contributed by atoms with Gasteiger partial charge in [-0.25, -0.2) is 4.68 Å². The van der Waals surface area contributed by atoms with Crippen LogP contribution in [0.15, 0.2) is 12.4 Å². The van der Waals surface area contributed by atoms with E-state index >= 15 is 0 Å². The van der Waals surface area contributed by atoms with E-state index in [0.717, 1.165) is 11.3 Å². The van der Waals surface area contributed by atoms with Crippen molar-refractivity contribution in [2.24, 2.45) is 7.05 Å². The lowest BCUT2D eigenvalue weighted by atomic mass is 10.2. The van der Waals surface area contributed by atoms with Gasteiger partial charge in [0.2, 0.25) is 0 Å². The van der Waals surface area contributed by atoms with Crippen molar-refractivity contribution in [1.82, 2.24) is 24.8 Å². The van der Waals surface area contributed by atoms with E-state index in [1.54, 1.807) is 10.9 Å². The number of anilines is 1. The van der Waals surface area contributed by atoms with Gasteiger partial charge < -0.3 is 5.73 Å². The minimum Gasteiger partial charge on any atom is -0.381 e. The summed E-state index contributed by atoms with van der Waals surface area (Å²) in [5, 5.41) is 11.7. The molecule has 0 bridgehead atoms. The Balaban J connectivity index is 2.22. The maximum absolute atomic E-state index is 5.46. The Kier molecular flexibility index (Phi) is 1.95. The van der Waals surface area contributed by atoms with Crippen LogP contribution in [0.3, 0.4) is 0 Å². The second-order valence-electron chi connectivity index (χ2n) is 3.22. The van der Waals surface area contributed by atoms with Crippen LogP contribution < -0.4 is 5.73 Å². The lowest BCUT2D eigenvalue weighted by Crippen LogP contribution is -2.02. The third-order valence-corrected chi connectivity index (χ3v) is 2.23. The van der Waals surface area contributed by atoms with Crippen molar-refractivity contribution in [3.05, 3.63) is 23.7 Å². The molecule has 0 aromatic carbocycles. The lowest BCUT2D eigenvalue weighted by Gasteiger charge is -1.99. The normalized spacial score (nSPS) is 10.7. The van der Waals surface area contributed by atoms with Crippen LogP contribution in [0.4, 0.5) is 5.82 Å². The van der Waals surface area contributed by atoms with E-state index in [1.165, 1.54) is 0 Å². The molecule has 0 aliphatic rings. The Labute approximate surface area is 81.3 Å². The van der Waals surface area contributed by atoms with Gasteiger partial charge in [-0.1, -0.05) is 5.21 Å². The summed E-state index contributed by atoms with van der Waals surface area (Å²) in [7, 11) is 1.91. The fourth-order valence-electron chi connectivity index (χ4n) is 1.26. The van der Waals surface area contributed by atoms with Gasteiger partial charge in [-0.3, -0.25) is 4.68 Å². The minimum absolute atomic E-state index is 0.437. The molecule has 0 saturated carbocycles. The Morgan fingerprint density at radius 2 is 2.29 bits per heavy atom. The lowest BCUT2D eigenvalue weighted by molar-refractivity contribution is 0.645. The van der Waals surface area contributed by atoms with Gasteiger partial charge in [-0.2, -0.15) is 5.10 Å². The van der Waals surface area contributed by atoms with Crippen molar-refractivity contribution in [3.63, 3.8) is 0 Å². The van der Waals surface area contributed by atoms with E-state index in [1.807, 2.05) is 24.9 Å². The summed E-state index contributed by atoms with van der Waals surface area (Å²) in [4.78, 5) is 0. The molecule has 0 aliphatic heterocycles. The molecule has 0 amide bonds. The van der Waals surface area contributed by atoms with Crippen LogP contribution in [0.2, 0.25) is 0 Å². The summed E-state index contributed by atoms with van der Waals surface area (Å²) in [6.07, 6.45) is 3.53. The molecule has 0 fully saturated rings. The third-order valence-electron chi connectivity index (χ3n) is 2.23. The van der Waals surface area contributed by atoms with E-state index in [4.69, 9.17) is 5.73 Å². The summed E-state index contributed by atoms with van der Waals surface area (Å²) >= 11 is 0. The van der Waals surface area contributed by atoms with Gasteiger partial charge >= 0.3 is 0 Å². The summed E-state index contributed by atoms with van der Waals surface area (Å²) < 4.78 is 3.52. The Hall–Kier alpha value is -1.85. The van der Waals surface area contributed by atoms with Gasteiger partial charge in [0.05, 0.1) is 18.9 Å². The van der Waals surface area contributed by atoms with Gasteiger partial charge in [0, 0.05) is 18.3 Å². The molecule has 6 heteroatoms. The van der Waals surface area contributed by atoms with E-state index in [-0.39, 0.29) is 0 Å². The average molecular weight is 192 g/mol. The molecule has 2 heterocycles. The molecule has 14 heavy (non-hydrogen) atoms. The van der Waals surface area contributed by atoms with Crippen LogP contribution in [0, 0.1) is 6.92 Å². The number of hydrogen-bond acceptors (Lipinski definition) is 4. The topological polar surface area (TPSA) is 74.6 Å². The number of hydrogen-bond donors (Lipinski definition) is 1. The molecule has 74 valence electrons. The minimum atomic E-state index is 0.437. The molecule has 0 atom stereocenters. The van der Waals surface area contributed by atoms with Gasteiger partial charge in [-0.05, 0) is 6.92 Å². The van der Waals surface area contributed by atoms with Gasteiger partial charge in [-0.15, -0.1) is 5.10 Å². The van der Waals surface area contributed by atoms with E-state index < -0.39 is 0 Å². The highest BCUT2D eigenvalue weighted by molar-refractivity contribution is 5.22. The van der Waals surface area contributed by atoms with Crippen LogP contribution in [0.5, 0.6) is 0 Å². The van der Waals surface area contributed by atoms with E-state index in [2.05, 4.69) is 15.4 Å². The van der Waals surface area contributed by atoms with E-state index in [0.29, 0.717) is 12.4 Å². The molecule has 0 saturated heterocycles. The third kappa shape index (κ3) is 1.46. The molecule has 0 radical (unpaired) electrons. The average Bonchev–Trinajstić information content (AvgIpc) is 2.67. The monoisotopic (exact) mass is 192 g/mol. The van der Waals surface area contributed by atoms with E-state index in [9.17, 15) is 0 Å². The first-order valence-corrected chi connectivity index (χ1v) is 4.30. The van der Waals surface area contributed by atoms with Crippen molar-refractivity contribution in [1.29, 1.82) is 0 Å². The second kappa shape index (κ2) is 3.13. The van der Waals surface area contributed by atoms with Crippen LogP contribution in [0.25, 0.3) is 0 Å². The molecular formula is C8H12N6.